The average Bonchev–Trinajstić information content (AvgIpc) is 3.55. The Morgan fingerprint density at radius 2 is 1.48 bits per heavy atom. The summed E-state index contributed by atoms with van der Waals surface area (Å²) in [5, 5.41) is 11.4. The summed E-state index contributed by atoms with van der Waals surface area (Å²) in [5.41, 5.74) is -1.18. The van der Waals surface area contributed by atoms with Crippen LogP contribution in [0.5, 0.6) is 11.5 Å². The summed E-state index contributed by atoms with van der Waals surface area (Å²) >= 11 is 0. The number of hydrogen-bond donors (Lipinski definition) is 2. The van der Waals surface area contributed by atoms with Crippen LogP contribution in [0.15, 0.2) is 94.6 Å². The molecule has 0 radical (unpaired) electrons. The molecule has 1 saturated heterocycles. The summed E-state index contributed by atoms with van der Waals surface area (Å²) in [6, 6.07) is 23.4. The normalized spacial score (nSPS) is 18.7. The molecule has 1 aromatic heterocycles. The number of halogens is 3. The molecule has 1 amide bonds. The van der Waals surface area contributed by atoms with Crippen molar-refractivity contribution in [3.8, 4) is 17.6 Å². The number of carbonyl (C=O) groups excluding carboxylic acids is 1. The molecule has 5 atom stereocenters. The van der Waals surface area contributed by atoms with E-state index in [2.05, 4.69) is 4.98 Å². The highest BCUT2D eigenvalue weighted by molar-refractivity contribution is 7.44. The molecule has 2 heterocycles. The number of amides is 1. The van der Waals surface area contributed by atoms with Crippen molar-refractivity contribution in [2.24, 2.45) is 0 Å². The average molecular weight is 856 g/mol. The second-order valence-electron chi connectivity index (χ2n) is 14.5. The van der Waals surface area contributed by atoms with Crippen molar-refractivity contribution in [2.45, 2.75) is 89.4 Å². The maximum atomic E-state index is 14.1. The summed E-state index contributed by atoms with van der Waals surface area (Å²) in [5.74, 6) is -1.18. The van der Waals surface area contributed by atoms with Crippen molar-refractivity contribution in [1.29, 1.82) is 5.26 Å². The Labute approximate surface area is 347 Å². The predicted octanol–water partition coefficient (Wildman–Crippen LogP) is 6.48. The van der Waals surface area contributed by atoms with Crippen LogP contribution >= 0.6 is 8.53 Å². The van der Waals surface area contributed by atoms with Gasteiger partial charge >= 0.3 is 17.8 Å². The van der Waals surface area contributed by atoms with Gasteiger partial charge in [0, 0.05) is 23.8 Å². The van der Waals surface area contributed by atoms with Crippen molar-refractivity contribution in [2.75, 3.05) is 27.4 Å². The lowest BCUT2D eigenvalue weighted by molar-refractivity contribution is -0.175. The first-order chi connectivity index (χ1) is 28.5. The molecular formula is C42H49F3N5O9P. The van der Waals surface area contributed by atoms with Crippen LogP contribution in [0.1, 0.15) is 62.6 Å². The zero-order valence-corrected chi connectivity index (χ0v) is 35.2. The Hall–Kier alpha value is -5.08. The van der Waals surface area contributed by atoms with E-state index in [-0.39, 0.29) is 30.7 Å². The van der Waals surface area contributed by atoms with Crippen molar-refractivity contribution < 1.29 is 46.0 Å². The van der Waals surface area contributed by atoms with Gasteiger partial charge in [0.15, 0.2) is 6.23 Å². The van der Waals surface area contributed by atoms with Gasteiger partial charge < -0.3 is 33.3 Å². The first kappa shape index (κ1) is 46.0. The van der Waals surface area contributed by atoms with E-state index >= 15 is 0 Å². The van der Waals surface area contributed by atoms with Crippen molar-refractivity contribution in [1.82, 2.24) is 19.5 Å². The SMILES string of the molecule is COc1ccc(C(OC[C@H]2O[C@@H](n3cc(C)c(=O)[nH]c3=O)[C@H](NC(=O)C(F)(F)F)[C@@H]2OP(OCCC#N)N(C(C)C)C(C)C)(c2ccccc2)c2ccc(OC)cc2)cc1. The Morgan fingerprint density at radius 3 is 1.98 bits per heavy atom. The predicted molar refractivity (Wildman–Crippen MR) is 216 cm³/mol. The molecule has 1 aliphatic heterocycles. The number of H-pyrrole nitrogens is 1. The van der Waals surface area contributed by atoms with Gasteiger partial charge in [-0.05, 0) is 75.6 Å². The van der Waals surface area contributed by atoms with Gasteiger partial charge in [-0.25, -0.2) is 9.46 Å². The van der Waals surface area contributed by atoms with Gasteiger partial charge in [0.2, 0.25) is 0 Å². The van der Waals surface area contributed by atoms with E-state index < -0.39 is 68.5 Å². The third kappa shape index (κ3) is 10.3. The maximum Gasteiger partial charge on any atom is 0.471 e. The summed E-state index contributed by atoms with van der Waals surface area (Å²) in [7, 11) is 0.894. The first-order valence-electron chi connectivity index (χ1n) is 19.1. The van der Waals surface area contributed by atoms with Crippen molar-refractivity contribution in [3.05, 3.63) is 128 Å². The van der Waals surface area contributed by atoms with E-state index in [1.165, 1.54) is 21.1 Å². The van der Waals surface area contributed by atoms with Gasteiger partial charge in [0.25, 0.3) is 14.1 Å². The van der Waals surface area contributed by atoms with Crippen LogP contribution in [-0.4, -0.2) is 84.1 Å². The van der Waals surface area contributed by atoms with Crippen LogP contribution in [0, 0.1) is 18.3 Å². The first-order valence-corrected chi connectivity index (χ1v) is 20.3. The number of aromatic amines is 1. The fraction of sp³-hybridized carbons (Fsp3) is 0.429. The van der Waals surface area contributed by atoms with Crippen LogP contribution in [-0.2, 0) is 28.9 Å². The monoisotopic (exact) mass is 855 g/mol. The number of rotatable bonds is 18. The minimum absolute atomic E-state index is 0.0217. The number of nitrogens with one attached hydrogen (secondary N) is 2. The largest absolute Gasteiger partial charge is 0.497 e. The highest BCUT2D eigenvalue weighted by Gasteiger charge is 2.53. The van der Waals surface area contributed by atoms with E-state index in [0.717, 1.165) is 10.8 Å². The number of alkyl halides is 3. The second kappa shape index (κ2) is 20.0. The van der Waals surface area contributed by atoms with Crippen molar-refractivity contribution in [3.63, 3.8) is 0 Å². The molecule has 1 unspecified atom stereocenters. The highest BCUT2D eigenvalue weighted by atomic mass is 31.2. The zero-order valence-electron chi connectivity index (χ0n) is 34.3. The molecule has 1 fully saturated rings. The molecule has 0 aliphatic carbocycles. The Balaban J connectivity index is 1.73. The molecule has 0 saturated carbocycles. The third-order valence-electron chi connectivity index (χ3n) is 9.83. The molecule has 5 rings (SSSR count). The van der Waals surface area contributed by atoms with Crippen molar-refractivity contribution >= 4 is 14.4 Å². The van der Waals surface area contributed by atoms with Crippen LogP contribution in [0.4, 0.5) is 13.2 Å². The van der Waals surface area contributed by atoms with Crippen LogP contribution < -0.4 is 26.0 Å². The van der Waals surface area contributed by atoms with Gasteiger partial charge in [-0.3, -0.25) is 19.1 Å². The van der Waals surface area contributed by atoms with Crippen LogP contribution in [0.3, 0.4) is 0 Å². The Kier molecular flexibility index (Phi) is 15.3. The Bertz CT molecular complexity index is 2140. The number of aryl methyl sites for hydroxylation is 1. The number of methoxy groups -OCH3 is 2. The third-order valence-corrected chi connectivity index (χ3v) is 12.0. The van der Waals surface area contributed by atoms with E-state index in [1.54, 1.807) is 24.3 Å². The molecule has 0 bridgehead atoms. The molecule has 3 aromatic carbocycles. The topological polar surface area (TPSA) is 166 Å². The standard InChI is InChI=1S/C42H49F3N5O9P/c1-26(2)50(27(3)4)60(57-23-11-22-46)59-36-34(58-38(35(36)47-39(52)42(43,44)45)49-24-28(5)37(51)48-40(49)53)25-56-41(29-12-9-8-10-13-29,30-14-18-32(54-6)19-15-30)31-16-20-33(55-7)21-17-31/h8-10,12-21,24,26-27,34-36,38H,11,23,25H2,1-7H3,(H,47,52)(H,48,51,53)/t34-,35-,36-,38-,60?/m1/s1. The number of nitriles is 1. The van der Waals surface area contributed by atoms with Gasteiger partial charge in [-0.15, -0.1) is 0 Å². The fourth-order valence-electron chi connectivity index (χ4n) is 7.08. The zero-order chi connectivity index (χ0) is 43.8. The lowest BCUT2D eigenvalue weighted by Crippen LogP contribution is -2.53. The lowest BCUT2D eigenvalue weighted by atomic mass is 9.80. The van der Waals surface area contributed by atoms with E-state index in [0.29, 0.717) is 28.2 Å². The fourth-order valence-corrected chi connectivity index (χ4v) is 8.86. The van der Waals surface area contributed by atoms with Gasteiger partial charge in [0.1, 0.15) is 35.3 Å². The van der Waals surface area contributed by atoms with E-state index in [9.17, 15) is 32.8 Å². The number of hydrogen-bond acceptors (Lipinski definition) is 11. The summed E-state index contributed by atoms with van der Waals surface area (Å²) in [6.45, 7) is 8.43. The minimum atomic E-state index is -5.35. The van der Waals surface area contributed by atoms with Gasteiger partial charge in [0.05, 0.1) is 39.9 Å². The van der Waals surface area contributed by atoms with E-state index in [1.807, 2.05) is 98.3 Å². The number of ether oxygens (including phenoxy) is 4. The smallest absolute Gasteiger partial charge is 0.471 e. The summed E-state index contributed by atoms with van der Waals surface area (Å²) < 4.78 is 82.6. The molecule has 1 aliphatic rings. The number of aromatic nitrogens is 2. The molecule has 18 heteroatoms. The molecule has 322 valence electrons. The molecule has 0 spiro atoms. The Morgan fingerprint density at radius 1 is 0.933 bits per heavy atom. The molecule has 4 aromatic rings. The van der Waals surface area contributed by atoms with Gasteiger partial charge in [-0.2, -0.15) is 18.4 Å². The summed E-state index contributed by atoms with van der Waals surface area (Å²) in [4.78, 5) is 40.9. The van der Waals surface area contributed by atoms with Crippen LogP contribution in [0.2, 0.25) is 0 Å². The van der Waals surface area contributed by atoms with E-state index in [4.69, 9.17) is 28.0 Å². The number of benzene rings is 3. The number of carbonyl (C=O) groups is 1. The highest BCUT2D eigenvalue weighted by Crippen LogP contribution is 2.51. The number of nitrogens with zero attached hydrogens (tertiary/aromatic N) is 3. The molecule has 14 nitrogen and oxygen atoms in total. The molecular weight excluding hydrogens is 806 g/mol. The molecule has 2 N–H and O–H groups in total. The second-order valence-corrected chi connectivity index (χ2v) is 15.9. The van der Waals surface area contributed by atoms with Crippen LogP contribution in [0.25, 0.3) is 0 Å². The minimum Gasteiger partial charge on any atom is -0.497 e. The molecule has 60 heavy (non-hydrogen) atoms. The quantitative estimate of drug-likeness (QED) is 0.0640. The van der Waals surface area contributed by atoms with Gasteiger partial charge in [-0.1, -0.05) is 54.6 Å². The maximum absolute atomic E-state index is 14.1. The summed E-state index contributed by atoms with van der Waals surface area (Å²) in [6.07, 6.45) is -8.70. The lowest BCUT2D eigenvalue weighted by Gasteiger charge is -2.39.